The molecule has 0 saturated heterocycles. The summed E-state index contributed by atoms with van der Waals surface area (Å²) in [5.41, 5.74) is -1.44. The Morgan fingerprint density at radius 3 is 2.39 bits per heavy atom. The molecule has 1 amide bonds. The minimum absolute atomic E-state index is 0.0454. The summed E-state index contributed by atoms with van der Waals surface area (Å²) in [4.78, 5) is 17.3. The molecule has 0 radical (unpaired) electrons. The number of nitrogens with zero attached hydrogens (tertiary/aromatic N) is 1. The molecule has 0 fully saturated rings. The van der Waals surface area contributed by atoms with E-state index in [0.717, 1.165) is 23.8 Å². The van der Waals surface area contributed by atoms with Crippen molar-refractivity contribution in [2.75, 3.05) is 0 Å². The number of carbonyl (C=O) groups excluding carboxylic acids is 1. The third-order valence-corrected chi connectivity index (χ3v) is 5.64. The van der Waals surface area contributed by atoms with Crippen LogP contribution in [0.4, 0.5) is 17.6 Å². The number of alkyl halides is 3. The Bertz CT molecular complexity index is 1200. The highest BCUT2D eigenvalue weighted by atomic mass is 35.5. The Morgan fingerprint density at radius 1 is 1.06 bits per heavy atom. The number of benzene rings is 3. The van der Waals surface area contributed by atoms with E-state index >= 15 is 0 Å². The minimum atomic E-state index is -4.84. The Labute approximate surface area is 191 Å². The van der Waals surface area contributed by atoms with E-state index in [0.29, 0.717) is 17.7 Å². The normalized spacial score (nSPS) is 17.9. The summed E-state index contributed by atoms with van der Waals surface area (Å²) < 4.78 is 55.6. The first-order valence-electron chi connectivity index (χ1n) is 9.89. The molecule has 3 aromatic rings. The van der Waals surface area contributed by atoms with E-state index < -0.39 is 29.0 Å². The molecule has 4 nitrogen and oxygen atoms in total. The van der Waals surface area contributed by atoms with Crippen LogP contribution in [-0.4, -0.2) is 17.8 Å². The number of hydrogen-bond donors (Lipinski definition) is 1. The van der Waals surface area contributed by atoms with Crippen LogP contribution >= 0.6 is 11.6 Å². The fourth-order valence-corrected chi connectivity index (χ4v) is 3.68. The Balaban J connectivity index is 1.50. The number of halogens is 5. The van der Waals surface area contributed by atoms with Crippen molar-refractivity contribution in [2.24, 2.45) is 5.16 Å². The quantitative estimate of drug-likeness (QED) is 0.460. The van der Waals surface area contributed by atoms with Crippen LogP contribution in [-0.2, 0) is 17.0 Å². The maximum absolute atomic E-state index is 14.0. The van der Waals surface area contributed by atoms with Crippen molar-refractivity contribution < 1.29 is 27.2 Å². The summed E-state index contributed by atoms with van der Waals surface area (Å²) in [5.74, 6) is -1.15. The zero-order chi connectivity index (χ0) is 23.6. The van der Waals surface area contributed by atoms with Crippen LogP contribution in [0.3, 0.4) is 0 Å². The van der Waals surface area contributed by atoms with Gasteiger partial charge < -0.3 is 10.2 Å². The number of amides is 1. The summed E-state index contributed by atoms with van der Waals surface area (Å²) in [5, 5.41) is 6.00. The fraction of sp³-hybridized carbons (Fsp3) is 0.167. The van der Waals surface area contributed by atoms with Crippen molar-refractivity contribution in [2.45, 2.75) is 24.7 Å². The van der Waals surface area contributed by atoms with Crippen LogP contribution < -0.4 is 5.32 Å². The average molecular weight is 477 g/mol. The van der Waals surface area contributed by atoms with Gasteiger partial charge in [0.2, 0.25) is 0 Å². The lowest BCUT2D eigenvalue weighted by molar-refractivity contribution is -0.275. The van der Waals surface area contributed by atoms with Crippen LogP contribution in [0.25, 0.3) is 0 Å². The van der Waals surface area contributed by atoms with Gasteiger partial charge in [0.05, 0.1) is 10.7 Å². The molecule has 1 N–H and O–H groups in total. The minimum Gasteiger partial charge on any atom is -0.374 e. The molecule has 1 unspecified atom stereocenters. The predicted molar refractivity (Wildman–Crippen MR) is 115 cm³/mol. The SMILES string of the molecule is O=C(NCc1ccccc1)c1ccc(C2=NOC(c3ccc(F)c(Cl)c3)(C(F)(F)F)C2)cc1. The highest BCUT2D eigenvalue weighted by Crippen LogP contribution is 2.49. The molecule has 1 aliphatic heterocycles. The Kier molecular flexibility index (Phi) is 6.12. The topological polar surface area (TPSA) is 50.7 Å². The summed E-state index contributed by atoms with van der Waals surface area (Å²) in [6, 6.07) is 18.1. The second-order valence-electron chi connectivity index (χ2n) is 7.51. The van der Waals surface area contributed by atoms with Gasteiger partial charge in [0, 0.05) is 24.1 Å². The fourth-order valence-electron chi connectivity index (χ4n) is 3.50. The zero-order valence-electron chi connectivity index (χ0n) is 17.0. The standard InChI is InChI=1S/C24H17ClF4N2O2/c25-19-12-18(10-11-20(19)26)23(24(27,28)29)13-21(31-33-23)16-6-8-17(9-7-16)22(32)30-14-15-4-2-1-3-5-15/h1-12H,13-14H2,(H,30,32). The van der Waals surface area contributed by atoms with Crippen LogP contribution in [0.15, 0.2) is 78.0 Å². The number of rotatable bonds is 5. The summed E-state index contributed by atoms with van der Waals surface area (Å²) >= 11 is 5.70. The van der Waals surface area contributed by atoms with Crippen LogP contribution in [0.5, 0.6) is 0 Å². The molecule has 4 rings (SSSR count). The van der Waals surface area contributed by atoms with Crippen LogP contribution in [0.2, 0.25) is 5.02 Å². The van der Waals surface area contributed by atoms with Gasteiger partial charge in [-0.05, 0) is 35.4 Å². The molecule has 0 spiro atoms. The lowest BCUT2D eigenvalue weighted by atomic mass is 9.86. The van der Waals surface area contributed by atoms with Gasteiger partial charge in [0.1, 0.15) is 5.82 Å². The second-order valence-corrected chi connectivity index (χ2v) is 7.91. The highest BCUT2D eigenvalue weighted by molar-refractivity contribution is 6.30. The number of nitrogens with one attached hydrogen (secondary N) is 1. The molecule has 33 heavy (non-hydrogen) atoms. The molecule has 3 aromatic carbocycles. The predicted octanol–water partition coefficient (Wildman–Crippen LogP) is 5.99. The molecule has 170 valence electrons. The number of carbonyl (C=O) groups is 1. The lowest BCUT2D eigenvalue weighted by Gasteiger charge is -2.29. The molecule has 9 heteroatoms. The van der Waals surface area contributed by atoms with Crippen molar-refractivity contribution in [3.63, 3.8) is 0 Å². The molecule has 0 aliphatic carbocycles. The molecule has 1 aliphatic rings. The molecular weight excluding hydrogens is 460 g/mol. The largest absolute Gasteiger partial charge is 0.435 e. The van der Waals surface area contributed by atoms with Gasteiger partial charge in [0.25, 0.3) is 11.5 Å². The first-order valence-corrected chi connectivity index (χ1v) is 10.3. The van der Waals surface area contributed by atoms with Gasteiger partial charge in [-0.3, -0.25) is 4.79 Å². The second kappa shape index (κ2) is 8.86. The third-order valence-electron chi connectivity index (χ3n) is 5.35. The lowest BCUT2D eigenvalue weighted by Crippen LogP contribution is -2.42. The van der Waals surface area contributed by atoms with Crippen molar-refractivity contribution in [3.8, 4) is 0 Å². The van der Waals surface area contributed by atoms with E-state index in [4.69, 9.17) is 16.4 Å². The van der Waals surface area contributed by atoms with Gasteiger partial charge in [-0.2, -0.15) is 13.2 Å². The van der Waals surface area contributed by atoms with E-state index in [9.17, 15) is 22.4 Å². The molecule has 0 saturated carbocycles. The average Bonchev–Trinajstić information content (AvgIpc) is 3.27. The molecule has 1 atom stereocenters. The van der Waals surface area contributed by atoms with Gasteiger partial charge in [-0.15, -0.1) is 0 Å². The van der Waals surface area contributed by atoms with E-state index in [-0.39, 0.29) is 17.2 Å². The van der Waals surface area contributed by atoms with Crippen LogP contribution in [0.1, 0.15) is 33.5 Å². The van der Waals surface area contributed by atoms with Gasteiger partial charge >= 0.3 is 6.18 Å². The molecular formula is C24H17ClF4N2O2. The summed E-state index contributed by atoms with van der Waals surface area (Å²) in [6.45, 7) is 0.344. The molecule has 1 heterocycles. The molecule has 0 bridgehead atoms. The Morgan fingerprint density at radius 2 is 1.76 bits per heavy atom. The monoisotopic (exact) mass is 476 g/mol. The van der Waals surface area contributed by atoms with Gasteiger partial charge in [-0.1, -0.05) is 65.3 Å². The van der Waals surface area contributed by atoms with Crippen molar-refractivity contribution >= 4 is 23.2 Å². The zero-order valence-corrected chi connectivity index (χ0v) is 17.8. The van der Waals surface area contributed by atoms with Crippen LogP contribution in [0, 0.1) is 5.82 Å². The van der Waals surface area contributed by atoms with Gasteiger partial charge in [-0.25, -0.2) is 4.39 Å². The maximum atomic E-state index is 14.0. The number of oxime groups is 1. The van der Waals surface area contributed by atoms with Gasteiger partial charge in [0.15, 0.2) is 0 Å². The maximum Gasteiger partial charge on any atom is 0.435 e. The summed E-state index contributed by atoms with van der Waals surface area (Å²) in [7, 11) is 0. The first-order chi connectivity index (χ1) is 15.7. The van der Waals surface area contributed by atoms with E-state index in [1.807, 2.05) is 30.3 Å². The Hall–Kier alpha value is -3.39. The smallest absolute Gasteiger partial charge is 0.374 e. The number of hydrogen-bond acceptors (Lipinski definition) is 3. The van der Waals surface area contributed by atoms with Crippen molar-refractivity contribution in [1.29, 1.82) is 0 Å². The van der Waals surface area contributed by atoms with E-state index in [2.05, 4.69) is 10.5 Å². The van der Waals surface area contributed by atoms with E-state index in [1.54, 1.807) is 0 Å². The third kappa shape index (κ3) is 4.57. The van der Waals surface area contributed by atoms with Crippen molar-refractivity contribution in [1.82, 2.24) is 5.32 Å². The molecule has 0 aromatic heterocycles. The van der Waals surface area contributed by atoms with E-state index in [1.165, 1.54) is 24.3 Å². The first kappa shape index (κ1) is 22.8. The summed E-state index contributed by atoms with van der Waals surface area (Å²) in [6.07, 6.45) is -5.46. The highest BCUT2D eigenvalue weighted by Gasteiger charge is 2.62. The van der Waals surface area contributed by atoms with Crippen molar-refractivity contribution in [3.05, 3.63) is 106 Å².